The number of nitrogens with zero attached hydrogens (tertiary/aromatic N) is 2. The molecule has 0 unspecified atom stereocenters. The third-order valence-corrected chi connectivity index (χ3v) is 8.92. The van der Waals surface area contributed by atoms with E-state index in [1.54, 1.807) is 10.5 Å². The second-order valence-corrected chi connectivity index (χ2v) is 13.6. The number of benzene rings is 2. The lowest BCUT2D eigenvalue weighted by Crippen LogP contribution is -2.25. The molecule has 2 aromatic rings. The smallest absolute Gasteiger partial charge is 0.108 e. The van der Waals surface area contributed by atoms with Gasteiger partial charge < -0.3 is 4.74 Å². The first-order valence-electron chi connectivity index (χ1n) is 20.6. The van der Waals surface area contributed by atoms with Crippen molar-refractivity contribution in [3.63, 3.8) is 0 Å². The second kappa shape index (κ2) is 30.5. The molecule has 50 heavy (non-hydrogen) atoms. The minimum Gasteiger partial charge on any atom is -0.369 e. The van der Waals surface area contributed by atoms with Crippen molar-refractivity contribution < 1.29 is 24.1 Å². The fraction of sp³-hybridized carbons (Fsp3) is 0.721. The number of anilines is 2. The molecule has 0 spiro atoms. The first kappa shape index (κ1) is 44.0. The van der Waals surface area contributed by atoms with Crippen LogP contribution in [0.25, 0.3) is 0 Å². The molecule has 0 aliphatic carbocycles. The highest BCUT2D eigenvalue weighted by Gasteiger charge is 2.18. The molecule has 286 valence electrons. The Morgan fingerprint density at radius 1 is 0.360 bits per heavy atom. The largest absolute Gasteiger partial charge is 0.369 e. The number of rotatable bonds is 34. The Morgan fingerprint density at radius 2 is 0.640 bits per heavy atom. The van der Waals surface area contributed by atoms with E-state index >= 15 is 0 Å². The van der Waals surface area contributed by atoms with Gasteiger partial charge in [-0.1, -0.05) is 155 Å². The summed E-state index contributed by atoms with van der Waals surface area (Å²) in [5.74, 6) is 0. The van der Waals surface area contributed by atoms with E-state index in [9.17, 15) is 0 Å². The van der Waals surface area contributed by atoms with Crippen molar-refractivity contribution in [3.8, 4) is 0 Å². The van der Waals surface area contributed by atoms with E-state index in [1.165, 1.54) is 96.3 Å². The van der Waals surface area contributed by atoms with Crippen LogP contribution in [-0.2, 0) is 24.1 Å². The third kappa shape index (κ3) is 19.4. The van der Waals surface area contributed by atoms with Gasteiger partial charge in [-0.15, -0.1) is 10.5 Å². The minimum atomic E-state index is -0.184. The maximum atomic E-state index is 6.62. The van der Waals surface area contributed by atoms with Gasteiger partial charge in [0.15, 0.2) is 0 Å². The highest BCUT2D eigenvalue weighted by molar-refractivity contribution is 5.48. The van der Waals surface area contributed by atoms with Gasteiger partial charge in [-0.2, -0.15) is 0 Å². The summed E-state index contributed by atoms with van der Waals surface area (Å²) in [5.41, 5.74) is 4.03. The fourth-order valence-corrected chi connectivity index (χ4v) is 5.73. The van der Waals surface area contributed by atoms with Crippen molar-refractivity contribution in [2.75, 3.05) is 43.5 Å². The van der Waals surface area contributed by atoms with Crippen molar-refractivity contribution in [2.24, 2.45) is 0 Å². The van der Waals surface area contributed by atoms with Crippen LogP contribution in [0.1, 0.15) is 180 Å². The molecule has 2 aromatic carbocycles. The molecule has 0 aliphatic rings. The van der Waals surface area contributed by atoms with Gasteiger partial charge in [-0.25, -0.2) is 19.4 Å². The van der Waals surface area contributed by atoms with Gasteiger partial charge >= 0.3 is 0 Å². The second-order valence-electron chi connectivity index (χ2n) is 13.6. The maximum absolute atomic E-state index is 6.62. The Labute approximate surface area is 307 Å². The van der Waals surface area contributed by atoms with Gasteiger partial charge in [0.25, 0.3) is 0 Å². The lowest BCUT2D eigenvalue weighted by atomic mass is 10.0. The van der Waals surface area contributed by atoms with Gasteiger partial charge in [0, 0.05) is 6.61 Å². The Kier molecular flexibility index (Phi) is 26.8. The number of unbranched alkanes of at least 4 members (excludes halogenated alkanes) is 15. The van der Waals surface area contributed by atoms with Crippen LogP contribution in [0.5, 0.6) is 0 Å². The zero-order valence-electron chi connectivity index (χ0n) is 32.8. The Balaban J connectivity index is 2.21. The Hall–Kier alpha value is -2.16. The van der Waals surface area contributed by atoms with Crippen molar-refractivity contribution in [2.45, 2.75) is 169 Å². The molecule has 0 N–H and O–H groups in total. The number of ether oxygens (including phenoxy) is 1. The van der Waals surface area contributed by atoms with Gasteiger partial charge in [-0.05, 0) is 67.5 Å². The number of hydrogen-bond donors (Lipinski definition) is 0. The molecule has 0 aromatic heterocycles. The normalized spacial score (nSPS) is 11.5. The van der Waals surface area contributed by atoms with Crippen LogP contribution in [-0.4, -0.2) is 33.0 Å². The summed E-state index contributed by atoms with van der Waals surface area (Å²) in [6, 6.07) is 17.0. The van der Waals surface area contributed by atoms with Crippen molar-refractivity contribution >= 4 is 11.4 Å². The molecule has 0 atom stereocenters. The first-order valence-corrected chi connectivity index (χ1v) is 20.6. The van der Waals surface area contributed by atoms with Gasteiger partial charge in [0.05, 0.1) is 37.8 Å². The Morgan fingerprint density at radius 3 is 0.920 bits per heavy atom. The molecule has 0 amide bonds. The van der Waals surface area contributed by atoms with Gasteiger partial charge in [0.1, 0.15) is 6.10 Å². The van der Waals surface area contributed by atoms with Crippen LogP contribution < -0.4 is 10.5 Å². The van der Waals surface area contributed by atoms with Crippen molar-refractivity contribution in [1.82, 2.24) is 0 Å². The predicted molar refractivity (Wildman–Crippen MR) is 210 cm³/mol. The third-order valence-electron chi connectivity index (χ3n) is 8.92. The molecule has 0 bridgehead atoms. The van der Waals surface area contributed by atoms with E-state index in [1.807, 2.05) is 0 Å². The van der Waals surface area contributed by atoms with E-state index in [-0.39, 0.29) is 6.10 Å². The highest BCUT2D eigenvalue weighted by Crippen LogP contribution is 2.31. The fourth-order valence-electron chi connectivity index (χ4n) is 5.73. The van der Waals surface area contributed by atoms with E-state index in [4.69, 9.17) is 24.1 Å². The molecular weight excluding hydrogens is 624 g/mol. The molecule has 2 rings (SSSR count). The van der Waals surface area contributed by atoms with E-state index in [0.717, 1.165) is 61.2 Å². The molecule has 7 heteroatoms. The molecule has 0 heterocycles. The molecule has 0 saturated carbocycles. The van der Waals surface area contributed by atoms with Crippen LogP contribution in [0, 0.1) is 0 Å². The summed E-state index contributed by atoms with van der Waals surface area (Å²) in [4.78, 5) is 24.6. The topological polar surface area (TPSA) is 52.6 Å². The van der Waals surface area contributed by atoms with Crippen LogP contribution >= 0.6 is 0 Å². The van der Waals surface area contributed by atoms with Crippen molar-refractivity contribution in [3.05, 3.63) is 59.7 Å². The summed E-state index contributed by atoms with van der Waals surface area (Å²) in [6.45, 7) is 14.5. The molecule has 0 radical (unpaired) electrons. The van der Waals surface area contributed by atoms with E-state index in [0.29, 0.717) is 26.4 Å². The summed E-state index contributed by atoms with van der Waals surface area (Å²) in [5, 5.41) is 3.27. The molecule has 7 nitrogen and oxygen atoms in total. The minimum absolute atomic E-state index is 0.184. The quantitative estimate of drug-likeness (QED) is 0.0532. The van der Waals surface area contributed by atoms with Crippen LogP contribution in [0.2, 0.25) is 0 Å². The summed E-state index contributed by atoms with van der Waals surface area (Å²) in [6.07, 6.45) is 23.0. The first-order chi connectivity index (χ1) is 24.7. The molecular formula is C43H74N2O5. The molecule has 0 fully saturated rings. The van der Waals surface area contributed by atoms with E-state index < -0.39 is 0 Å². The van der Waals surface area contributed by atoms with Crippen LogP contribution in [0.3, 0.4) is 0 Å². The highest BCUT2D eigenvalue weighted by atomic mass is 17.0. The summed E-state index contributed by atoms with van der Waals surface area (Å²) < 4.78 is 6.62. The summed E-state index contributed by atoms with van der Waals surface area (Å²) >= 11 is 0. The maximum Gasteiger partial charge on any atom is 0.108 e. The zero-order chi connectivity index (χ0) is 35.9. The average Bonchev–Trinajstić information content (AvgIpc) is 3.14. The SMILES string of the molecule is CCCCCCOC(c1ccc(N(OCCCCCC)OCCCCCC)cc1)c1ccc(N(OCCCCCC)OCCCCCC)cc1. The van der Waals surface area contributed by atoms with Gasteiger partial charge in [-0.3, -0.25) is 0 Å². The number of hydrogen-bond acceptors (Lipinski definition) is 7. The average molecular weight is 699 g/mol. The van der Waals surface area contributed by atoms with Crippen molar-refractivity contribution in [1.29, 1.82) is 0 Å². The van der Waals surface area contributed by atoms with Crippen LogP contribution in [0.15, 0.2) is 48.5 Å². The standard InChI is InChI=1S/C43H74N2O5/c1-6-11-16-21-34-46-43(39-26-30-41(31-27-39)44(47-35-22-17-12-7-2)48-36-23-18-13-8-3)40-28-32-42(33-29-40)45(49-37-24-19-14-9-4)50-38-25-20-15-10-5/h26-33,43H,6-25,34-38H2,1-5H3. The lowest BCUT2D eigenvalue weighted by molar-refractivity contribution is -0.0916. The Bertz CT molecular complexity index is 915. The lowest BCUT2D eigenvalue weighted by Gasteiger charge is -2.25. The summed E-state index contributed by atoms with van der Waals surface area (Å²) in [7, 11) is 0. The van der Waals surface area contributed by atoms with Gasteiger partial charge in [0.2, 0.25) is 0 Å². The predicted octanol–water partition coefficient (Wildman–Crippen LogP) is 13.0. The van der Waals surface area contributed by atoms with E-state index in [2.05, 4.69) is 83.1 Å². The zero-order valence-corrected chi connectivity index (χ0v) is 32.8. The molecule has 0 saturated heterocycles. The van der Waals surface area contributed by atoms with Crippen LogP contribution in [0.4, 0.5) is 11.4 Å². The monoisotopic (exact) mass is 699 g/mol. The molecule has 0 aliphatic heterocycles.